The Bertz CT molecular complexity index is 932. The van der Waals surface area contributed by atoms with Gasteiger partial charge in [-0.2, -0.15) is 0 Å². The van der Waals surface area contributed by atoms with Crippen LogP contribution in [0.1, 0.15) is 28.4 Å². The van der Waals surface area contributed by atoms with E-state index in [0.29, 0.717) is 16.9 Å². The van der Waals surface area contributed by atoms with Crippen molar-refractivity contribution in [3.8, 4) is 0 Å². The summed E-state index contributed by atoms with van der Waals surface area (Å²) in [5, 5.41) is 2.65. The molecule has 0 saturated heterocycles. The molecule has 7 heteroatoms. The van der Waals surface area contributed by atoms with Gasteiger partial charge in [0, 0.05) is 11.3 Å². The van der Waals surface area contributed by atoms with Gasteiger partial charge in [-0.05, 0) is 44.0 Å². The summed E-state index contributed by atoms with van der Waals surface area (Å²) >= 11 is 0. The van der Waals surface area contributed by atoms with Crippen LogP contribution in [-0.4, -0.2) is 32.9 Å². The van der Waals surface area contributed by atoms with Crippen LogP contribution in [-0.2, 0) is 14.8 Å². The minimum Gasteiger partial charge on any atom is -0.324 e. The minimum absolute atomic E-state index is 0.116. The lowest BCUT2D eigenvalue weighted by Gasteiger charge is -2.25. The van der Waals surface area contributed by atoms with E-state index >= 15 is 0 Å². The molecule has 6 nitrogen and oxygen atoms in total. The third-order valence-electron chi connectivity index (χ3n) is 3.93. The summed E-state index contributed by atoms with van der Waals surface area (Å²) in [6.45, 7) is 4.69. The molecule has 0 aromatic heterocycles. The van der Waals surface area contributed by atoms with E-state index in [0.717, 1.165) is 21.7 Å². The van der Waals surface area contributed by atoms with Gasteiger partial charge in [-0.3, -0.25) is 13.9 Å². The fourth-order valence-electron chi connectivity index (χ4n) is 2.71. The number of amides is 1. The summed E-state index contributed by atoms with van der Waals surface area (Å²) in [6, 6.07) is 12.0. The van der Waals surface area contributed by atoms with Gasteiger partial charge in [0.1, 0.15) is 6.54 Å². The van der Waals surface area contributed by atoms with Gasteiger partial charge in [0.25, 0.3) is 0 Å². The lowest BCUT2D eigenvalue weighted by atomic mass is 10.1. The fraction of sp³-hybridized carbons (Fsp3) is 0.263. The van der Waals surface area contributed by atoms with Crippen molar-refractivity contribution >= 4 is 33.1 Å². The van der Waals surface area contributed by atoms with E-state index in [9.17, 15) is 18.0 Å². The first-order valence-corrected chi connectivity index (χ1v) is 9.89. The van der Waals surface area contributed by atoms with Crippen LogP contribution in [0.2, 0.25) is 0 Å². The SMILES string of the molecule is CC(=O)c1cccc(NC(=O)CN(c2c(C)cccc2C)S(C)(=O)=O)c1. The van der Waals surface area contributed by atoms with Gasteiger partial charge in [0.05, 0.1) is 11.9 Å². The monoisotopic (exact) mass is 374 g/mol. The van der Waals surface area contributed by atoms with Crippen molar-refractivity contribution < 1.29 is 18.0 Å². The highest BCUT2D eigenvalue weighted by atomic mass is 32.2. The van der Waals surface area contributed by atoms with Crippen LogP contribution in [0.5, 0.6) is 0 Å². The maximum atomic E-state index is 12.4. The Balaban J connectivity index is 2.29. The summed E-state index contributed by atoms with van der Waals surface area (Å²) in [5.41, 5.74) is 2.95. The molecule has 0 saturated carbocycles. The second-order valence-corrected chi connectivity index (χ2v) is 8.10. The predicted molar refractivity (Wildman–Crippen MR) is 103 cm³/mol. The quantitative estimate of drug-likeness (QED) is 0.788. The number of nitrogens with one attached hydrogen (secondary N) is 1. The molecule has 2 rings (SSSR count). The maximum Gasteiger partial charge on any atom is 0.245 e. The molecule has 26 heavy (non-hydrogen) atoms. The predicted octanol–water partition coefficient (Wildman–Crippen LogP) is 2.91. The lowest BCUT2D eigenvalue weighted by molar-refractivity contribution is -0.114. The molecule has 0 aliphatic heterocycles. The molecule has 0 heterocycles. The summed E-state index contributed by atoms with van der Waals surface area (Å²) in [4.78, 5) is 23.9. The standard InChI is InChI=1S/C19H22N2O4S/c1-13-7-5-8-14(2)19(13)21(26(4,24)25)12-18(23)20-17-10-6-9-16(11-17)15(3)22/h5-11H,12H2,1-4H3,(H,20,23). The van der Waals surface area contributed by atoms with Crippen molar-refractivity contribution in [2.24, 2.45) is 0 Å². The van der Waals surface area contributed by atoms with Crippen molar-refractivity contribution in [3.05, 3.63) is 59.2 Å². The van der Waals surface area contributed by atoms with Crippen LogP contribution < -0.4 is 9.62 Å². The van der Waals surface area contributed by atoms with E-state index in [2.05, 4.69) is 5.32 Å². The van der Waals surface area contributed by atoms with Gasteiger partial charge in [-0.1, -0.05) is 30.3 Å². The third kappa shape index (κ3) is 4.70. The zero-order valence-corrected chi connectivity index (χ0v) is 16.1. The zero-order chi connectivity index (χ0) is 19.5. The third-order valence-corrected chi connectivity index (χ3v) is 5.04. The van der Waals surface area contributed by atoms with Crippen LogP contribution in [0.25, 0.3) is 0 Å². The van der Waals surface area contributed by atoms with Crippen molar-refractivity contribution in [1.29, 1.82) is 0 Å². The number of rotatable bonds is 6. The number of ketones is 1. The zero-order valence-electron chi connectivity index (χ0n) is 15.2. The largest absolute Gasteiger partial charge is 0.324 e. The van der Waals surface area contributed by atoms with Gasteiger partial charge < -0.3 is 5.32 Å². The molecule has 2 aromatic rings. The number of hydrogen-bond donors (Lipinski definition) is 1. The van der Waals surface area contributed by atoms with Crippen molar-refractivity contribution in [2.75, 3.05) is 22.4 Å². The van der Waals surface area contributed by atoms with Crippen molar-refractivity contribution in [2.45, 2.75) is 20.8 Å². The van der Waals surface area contributed by atoms with Crippen LogP contribution in [0.4, 0.5) is 11.4 Å². The number of sulfonamides is 1. The van der Waals surface area contributed by atoms with Crippen molar-refractivity contribution in [1.82, 2.24) is 0 Å². The van der Waals surface area contributed by atoms with Gasteiger partial charge in [0.2, 0.25) is 15.9 Å². The molecular weight excluding hydrogens is 352 g/mol. The molecule has 0 aliphatic rings. The minimum atomic E-state index is -3.65. The molecule has 0 bridgehead atoms. The molecule has 138 valence electrons. The van der Waals surface area contributed by atoms with Gasteiger partial charge in [0.15, 0.2) is 5.78 Å². The fourth-order valence-corrected chi connectivity index (χ4v) is 3.68. The van der Waals surface area contributed by atoms with Crippen LogP contribution >= 0.6 is 0 Å². The van der Waals surface area contributed by atoms with E-state index in [-0.39, 0.29) is 12.3 Å². The maximum absolute atomic E-state index is 12.4. The first kappa shape index (κ1) is 19.7. The van der Waals surface area contributed by atoms with Crippen LogP contribution in [0.3, 0.4) is 0 Å². The van der Waals surface area contributed by atoms with Crippen molar-refractivity contribution in [3.63, 3.8) is 0 Å². The Kier molecular flexibility index (Phi) is 5.82. The average molecular weight is 374 g/mol. The molecule has 0 radical (unpaired) electrons. The number of anilines is 2. The molecule has 1 amide bonds. The molecule has 0 fully saturated rings. The summed E-state index contributed by atoms with van der Waals surface area (Å²) in [7, 11) is -3.65. The highest BCUT2D eigenvalue weighted by Crippen LogP contribution is 2.26. The number of Topliss-reactive ketones (excluding diaryl/α,β-unsaturated/α-hetero) is 1. The molecule has 0 spiro atoms. The average Bonchev–Trinajstić information content (AvgIpc) is 2.53. The first-order valence-electron chi connectivity index (χ1n) is 8.04. The summed E-state index contributed by atoms with van der Waals surface area (Å²) in [6.07, 6.45) is 1.07. The lowest BCUT2D eigenvalue weighted by Crippen LogP contribution is -2.38. The molecule has 2 aromatic carbocycles. The van der Waals surface area contributed by atoms with E-state index < -0.39 is 15.9 Å². The molecule has 0 aliphatic carbocycles. The number of benzene rings is 2. The van der Waals surface area contributed by atoms with Gasteiger partial charge in [-0.15, -0.1) is 0 Å². The Morgan fingerprint density at radius 2 is 1.62 bits per heavy atom. The van der Waals surface area contributed by atoms with E-state index in [4.69, 9.17) is 0 Å². The summed E-state index contributed by atoms with van der Waals surface area (Å²) in [5.74, 6) is -0.604. The first-order chi connectivity index (χ1) is 12.1. The van der Waals surface area contributed by atoms with Crippen LogP contribution in [0.15, 0.2) is 42.5 Å². The Hall–Kier alpha value is -2.67. The number of para-hydroxylation sites is 1. The van der Waals surface area contributed by atoms with Gasteiger partial charge in [-0.25, -0.2) is 8.42 Å². The van der Waals surface area contributed by atoms with Gasteiger partial charge >= 0.3 is 0 Å². The highest BCUT2D eigenvalue weighted by molar-refractivity contribution is 7.92. The van der Waals surface area contributed by atoms with E-state index in [1.54, 1.807) is 50.2 Å². The topological polar surface area (TPSA) is 83.6 Å². The second-order valence-electron chi connectivity index (χ2n) is 6.20. The highest BCUT2D eigenvalue weighted by Gasteiger charge is 2.23. The molecular formula is C19H22N2O4S. The molecule has 0 unspecified atom stereocenters. The molecule has 0 atom stereocenters. The smallest absolute Gasteiger partial charge is 0.245 e. The van der Waals surface area contributed by atoms with E-state index in [1.165, 1.54) is 6.92 Å². The number of carbonyl (C=O) groups is 2. The second kappa shape index (κ2) is 7.70. The summed E-state index contributed by atoms with van der Waals surface area (Å²) < 4.78 is 25.6. The normalized spacial score (nSPS) is 11.1. The number of carbonyl (C=O) groups excluding carboxylic acids is 2. The molecule has 1 N–H and O–H groups in total. The van der Waals surface area contributed by atoms with Crippen LogP contribution in [0, 0.1) is 13.8 Å². The van der Waals surface area contributed by atoms with E-state index in [1.807, 2.05) is 6.07 Å². The number of nitrogens with zero attached hydrogens (tertiary/aromatic N) is 1. The Morgan fingerprint density at radius 3 is 2.15 bits per heavy atom. The number of aryl methyl sites for hydroxylation is 2. The number of hydrogen-bond acceptors (Lipinski definition) is 4. The Morgan fingerprint density at radius 1 is 1.04 bits per heavy atom. The Labute approximate surface area is 153 Å².